The Labute approximate surface area is 173 Å². The van der Waals surface area contributed by atoms with E-state index in [1.807, 2.05) is 19.9 Å². The van der Waals surface area contributed by atoms with Gasteiger partial charge in [0.05, 0.1) is 23.0 Å². The molecule has 0 radical (unpaired) electrons. The van der Waals surface area contributed by atoms with Crippen molar-refractivity contribution in [1.82, 2.24) is 20.2 Å². The Morgan fingerprint density at radius 3 is 2.79 bits per heavy atom. The first kappa shape index (κ1) is 20.4. The number of carbonyl (C=O) groups excluding carboxylic acids is 2. The van der Waals surface area contributed by atoms with Gasteiger partial charge in [-0.15, -0.1) is 11.6 Å². The fourth-order valence-corrected chi connectivity index (χ4v) is 3.38. The molecule has 2 N–H and O–H groups in total. The van der Waals surface area contributed by atoms with E-state index in [2.05, 4.69) is 15.3 Å². The summed E-state index contributed by atoms with van der Waals surface area (Å²) >= 11 is 12.4. The minimum absolute atomic E-state index is 0.0737. The molecule has 1 heterocycles. The first-order valence-electron chi connectivity index (χ1n) is 9.00. The molecule has 2 amide bonds. The number of alkyl halides is 1. The Bertz CT molecular complexity index is 978. The number of allylic oxidation sites excluding steroid dienone is 2. The van der Waals surface area contributed by atoms with Gasteiger partial charge in [0, 0.05) is 29.3 Å². The molecule has 0 aliphatic heterocycles. The number of rotatable bonds is 5. The molecule has 1 aromatic carbocycles. The average Bonchev–Trinajstić information content (AvgIpc) is 3.06. The molecule has 1 atom stereocenters. The van der Waals surface area contributed by atoms with E-state index in [9.17, 15) is 9.59 Å². The van der Waals surface area contributed by atoms with Crippen molar-refractivity contribution in [2.45, 2.75) is 38.2 Å². The smallest absolute Gasteiger partial charge is 0.251 e. The summed E-state index contributed by atoms with van der Waals surface area (Å²) in [5.74, 6) is 0.283. The predicted molar refractivity (Wildman–Crippen MR) is 111 cm³/mol. The molecule has 8 heteroatoms. The minimum Gasteiger partial charge on any atom is -0.345 e. The Hall–Kier alpha value is -2.31. The first-order valence-corrected chi connectivity index (χ1v) is 9.82. The number of benzene rings is 1. The van der Waals surface area contributed by atoms with Crippen LogP contribution in [0.4, 0.5) is 0 Å². The first-order chi connectivity index (χ1) is 13.3. The zero-order valence-corrected chi connectivity index (χ0v) is 17.4. The Morgan fingerprint density at radius 1 is 1.36 bits per heavy atom. The number of imidazole rings is 1. The van der Waals surface area contributed by atoms with Crippen LogP contribution >= 0.6 is 23.2 Å². The van der Waals surface area contributed by atoms with Gasteiger partial charge in [0.2, 0.25) is 5.91 Å². The van der Waals surface area contributed by atoms with Gasteiger partial charge < -0.3 is 15.2 Å². The van der Waals surface area contributed by atoms with Crippen LogP contribution in [0.2, 0.25) is 5.02 Å². The lowest BCUT2D eigenvalue weighted by atomic mass is 9.96. The van der Waals surface area contributed by atoms with Crippen molar-refractivity contribution in [3.63, 3.8) is 0 Å². The van der Waals surface area contributed by atoms with E-state index in [-0.39, 0.29) is 24.4 Å². The third-order valence-electron chi connectivity index (χ3n) is 4.74. The van der Waals surface area contributed by atoms with Gasteiger partial charge in [0.25, 0.3) is 5.91 Å². The molecule has 1 aliphatic carbocycles. The number of carbonyl (C=O) groups is 2. The number of nitrogens with one attached hydrogen (secondary N) is 2. The second-order valence-corrected chi connectivity index (χ2v) is 7.99. The van der Waals surface area contributed by atoms with E-state index in [4.69, 9.17) is 23.2 Å². The maximum atomic E-state index is 12.5. The molecule has 0 spiro atoms. The fourth-order valence-electron chi connectivity index (χ4n) is 2.87. The number of H-pyrrole nitrogens is 1. The molecular weight excluding hydrogens is 399 g/mol. The molecule has 3 rings (SSSR count). The highest BCUT2D eigenvalue weighted by atomic mass is 35.5. The van der Waals surface area contributed by atoms with Gasteiger partial charge in [-0.2, -0.15) is 0 Å². The van der Waals surface area contributed by atoms with Gasteiger partial charge in [0.15, 0.2) is 0 Å². The summed E-state index contributed by atoms with van der Waals surface area (Å²) in [5, 5.41) is 2.92. The number of halogens is 2. The second-order valence-electron chi connectivity index (χ2n) is 7.02. The maximum Gasteiger partial charge on any atom is 0.251 e. The van der Waals surface area contributed by atoms with E-state index in [1.54, 1.807) is 36.2 Å². The van der Waals surface area contributed by atoms with Crippen LogP contribution < -0.4 is 5.32 Å². The van der Waals surface area contributed by atoms with Crippen molar-refractivity contribution in [2.75, 3.05) is 7.05 Å². The lowest BCUT2D eigenvalue weighted by Gasteiger charge is -2.26. The lowest BCUT2D eigenvalue weighted by Crippen LogP contribution is -2.37. The van der Waals surface area contributed by atoms with Gasteiger partial charge in [-0.1, -0.05) is 23.8 Å². The molecule has 0 saturated heterocycles. The van der Waals surface area contributed by atoms with E-state index in [0.29, 0.717) is 28.4 Å². The van der Waals surface area contributed by atoms with Gasteiger partial charge in [-0.05, 0) is 38.5 Å². The highest BCUT2D eigenvalue weighted by Crippen LogP contribution is 2.26. The number of hydrogen-bond donors (Lipinski definition) is 2. The second kappa shape index (κ2) is 8.37. The third kappa shape index (κ3) is 4.39. The van der Waals surface area contributed by atoms with Gasteiger partial charge in [0.1, 0.15) is 5.82 Å². The van der Waals surface area contributed by atoms with Crippen LogP contribution in [0.25, 0.3) is 11.0 Å². The SMILES string of the molecule is CC(C)N(C)C(=O)C1=CC=C(C(=O)NCc2nc3ccc(Cl)cc3[nH]2)CC1Cl. The van der Waals surface area contributed by atoms with Crippen LogP contribution in [0.1, 0.15) is 26.1 Å². The third-order valence-corrected chi connectivity index (χ3v) is 5.37. The minimum atomic E-state index is -0.534. The number of aromatic nitrogens is 2. The number of amides is 2. The Morgan fingerprint density at radius 2 is 2.11 bits per heavy atom. The molecular formula is C20H22Cl2N4O2. The van der Waals surface area contributed by atoms with Crippen LogP contribution in [0, 0.1) is 0 Å². The van der Waals surface area contributed by atoms with E-state index < -0.39 is 5.38 Å². The summed E-state index contributed by atoms with van der Waals surface area (Å²) in [5.41, 5.74) is 2.63. The summed E-state index contributed by atoms with van der Waals surface area (Å²) in [7, 11) is 1.74. The monoisotopic (exact) mass is 420 g/mol. The zero-order valence-electron chi connectivity index (χ0n) is 15.9. The number of nitrogens with zero attached hydrogens (tertiary/aromatic N) is 2. The Kier molecular flexibility index (Phi) is 6.10. The molecule has 1 unspecified atom stereocenters. The summed E-state index contributed by atoms with van der Waals surface area (Å²) in [6, 6.07) is 5.44. The topological polar surface area (TPSA) is 78.1 Å². The van der Waals surface area contributed by atoms with Crippen molar-refractivity contribution >= 4 is 46.0 Å². The summed E-state index contributed by atoms with van der Waals surface area (Å²) in [4.78, 5) is 34.1. The van der Waals surface area contributed by atoms with Crippen molar-refractivity contribution < 1.29 is 9.59 Å². The molecule has 0 bridgehead atoms. The maximum absolute atomic E-state index is 12.5. The highest BCUT2D eigenvalue weighted by molar-refractivity contribution is 6.31. The summed E-state index contributed by atoms with van der Waals surface area (Å²) in [6.07, 6.45) is 3.60. The van der Waals surface area contributed by atoms with E-state index in [1.165, 1.54) is 0 Å². The van der Waals surface area contributed by atoms with Crippen LogP contribution in [-0.2, 0) is 16.1 Å². The number of likely N-dealkylation sites (N-methyl/N-ethyl adjacent to an activating group) is 1. The van der Waals surface area contributed by atoms with Crippen LogP contribution in [0.3, 0.4) is 0 Å². The Balaban J connectivity index is 1.66. The van der Waals surface area contributed by atoms with Crippen molar-refractivity contribution in [1.29, 1.82) is 0 Å². The van der Waals surface area contributed by atoms with Crippen LogP contribution in [0.15, 0.2) is 41.5 Å². The molecule has 2 aromatic rings. The van der Waals surface area contributed by atoms with Crippen molar-refractivity contribution in [3.8, 4) is 0 Å². The average molecular weight is 421 g/mol. The summed E-state index contributed by atoms with van der Waals surface area (Å²) in [6.45, 7) is 4.12. The fraction of sp³-hybridized carbons (Fsp3) is 0.350. The number of hydrogen-bond acceptors (Lipinski definition) is 3. The standard InChI is InChI=1S/C20H22Cl2N4O2/c1-11(2)26(3)20(28)14-6-4-12(8-15(14)22)19(27)23-10-18-24-16-7-5-13(21)9-17(16)25-18/h4-7,9,11,15H,8,10H2,1-3H3,(H,23,27)(H,24,25). The molecule has 1 aromatic heterocycles. The molecule has 0 fully saturated rings. The van der Waals surface area contributed by atoms with E-state index in [0.717, 1.165) is 11.0 Å². The predicted octanol–water partition coefficient (Wildman–Crippen LogP) is 3.56. The normalized spacial score (nSPS) is 16.7. The number of fused-ring (bicyclic) bond motifs is 1. The molecule has 6 nitrogen and oxygen atoms in total. The largest absolute Gasteiger partial charge is 0.345 e. The molecule has 28 heavy (non-hydrogen) atoms. The lowest BCUT2D eigenvalue weighted by molar-refractivity contribution is -0.127. The van der Waals surface area contributed by atoms with Gasteiger partial charge in [-0.3, -0.25) is 9.59 Å². The molecule has 1 aliphatic rings. The highest BCUT2D eigenvalue weighted by Gasteiger charge is 2.28. The van der Waals surface area contributed by atoms with Crippen LogP contribution in [-0.4, -0.2) is 45.1 Å². The number of aromatic amines is 1. The van der Waals surface area contributed by atoms with Crippen molar-refractivity contribution in [2.24, 2.45) is 0 Å². The quantitative estimate of drug-likeness (QED) is 0.725. The van der Waals surface area contributed by atoms with Crippen LogP contribution in [0.5, 0.6) is 0 Å². The molecule has 148 valence electrons. The van der Waals surface area contributed by atoms with Gasteiger partial charge >= 0.3 is 0 Å². The van der Waals surface area contributed by atoms with E-state index >= 15 is 0 Å². The zero-order chi connectivity index (χ0) is 20.4. The van der Waals surface area contributed by atoms with Crippen molar-refractivity contribution in [3.05, 3.63) is 52.3 Å². The van der Waals surface area contributed by atoms with Gasteiger partial charge in [-0.25, -0.2) is 4.98 Å². The molecule has 0 saturated carbocycles. The summed E-state index contributed by atoms with van der Waals surface area (Å²) < 4.78 is 0.